The molecule has 0 aliphatic carbocycles. The maximum Gasteiger partial charge on any atom is 0.348 e. The molecule has 1 amide bonds. The molecule has 1 unspecified atom stereocenters. The molecule has 3 aromatic rings. The predicted molar refractivity (Wildman–Crippen MR) is 101 cm³/mol. The van der Waals surface area contributed by atoms with Crippen LogP contribution in [0.5, 0.6) is 0 Å². The first-order chi connectivity index (χ1) is 12.1. The number of amides is 1. The SMILES string of the molecule is COC(=O)c1ccc(C(=O)NC(C)c2cccc(-c3cccs3)c2)s1. The lowest BCUT2D eigenvalue weighted by molar-refractivity contribution is 0.0606. The fraction of sp³-hybridized carbons (Fsp3) is 0.158. The van der Waals surface area contributed by atoms with Gasteiger partial charge >= 0.3 is 5.97 Å². The van der Waals surface area contributed by atoms with Gasteiger partial charge in [0.05, 0.1) is 18.0 Å². The molecule has 25 heavy (non-hydrogen) atoms. The molecule has 0 saturated carbocycles. The fourth-order valence-corrected chi connectivity index (χ4v) is 3.98. The van der Waals surface area contributed by atoms with Gasteiger partial charge in [0.2, 0.25) is 0 Å². The van der Waals surface area contributed by atoms with Crippen LogP contribution in [0.2, 0.25) is 0 Å². The molecular weight excluding hydrogens is 354 g/mol. The number of carbonyl (C=O) groups is 2. The van der Waals surface area contributed by atoms with E-state index in [4.69, 9.17) is 0 Å². The first kappa shape index (κ1) is 17.4. The van der Waals surface area contributed by atoms with E-state index in [1.165, 1.54) is 12.0 Å². The molecule has 2 heterocycles. The van der Waals surface area contributed by atoms with Gasteiger partial charge in [-0.1, -0.05) is 24.3 Å². The summed E-state index contributed by atoms with van der Waals surface area (Å²) in [5.41, 5.74) is 2.17. The molecule has 0 radical (unpaired) electrons. The molecule has 1 N–H and O–H groups in total. The van der Waals surface area contributed by atoms with Crippen LogP contribution in [0.1, 0.15) is 37.9 Å². The summed E-state index contributed by atoms with van der Waals surface area (Å²) >= 11 is 2.81. The third-order valence-electron chi connectivity index (χ3n) is 3.76. The van der Waals surface area contributed by atoms with Crippen molar-refractivity contribution < 1.29 is 14.3 Å². The number of rotatable bonds is 5. The van der Waals surface area contributed by atoms with E-state index in [1.807, 2.05) is 30.5 Å². The first-order valence-corrected chi connectivity index (χ1v) is 9.41. The van der Waals surface area contributed by atoms with Crippen molar-refractivity contribution in [3.63, 3.8) is 0 Å². The van der Waals surface area contributed by atoms with E-state index in [1.54, 1.807) is 23.5 Å². The minimum Gasteiger partial charge on any atom is -0.465 e. The van der Waals surface area contributed by atoms with Crippen molar-refractivity contribution in [3.8, 4) is 10.4 Å². The van der Waals surface area contributed by atoms with E-state index in [-0.39, 0.29) is 11.9 Å². The Kier molecular flexibility index (Phi) is 5.31. The Balaban J connectivity index is 1.72. The van der Waals surface area contributed by atoms with Crippen molar-refractivity contribution in [2.75, 3.05) is 7.11 Å². The average molecular weight is 371 g/mol. The lowest BCUT2D eigenvalue weighted by Gasteiger charge is -2.14. The van der Waals surface area contributed by atoms with Gasteiger partial charge in [-0.25, -0.2) is 4.79 Å². The normalized spacial score (nSPS) is 11.8. The Morgan fingerprint density at radius 3 is 2.60 bits per heavy atom. The highest BCUT2D eigenvalue weighted by atomic mass is 32.1. The monoisotopic (exact) mass is 371 g/mol. The van der Waals surface area contributed by atoms with Gasteiger partial charge in [-0.2, -0.15) is 0 Å². The second kappa shape index (κ2) is 7.63. The Bertz CT molecular complexity index is 884. The van der Waals surface area contributed by atoms with Crippen LogP contribution in [0, 0.1) is 0 Å². The van der Waals surface area contributed by atoms with Crippen molar-refractivity contribution in [2.45, 2.75) is 13.0 Å². The Morgan fingerprint density at radius 2 is 1.88 bits per heavy atom. The van der Waals surface area contributed by atoms with Crippen LogP contribution in [0.4, 0.5) is 0 Å². The number of hydrogen-bond acceptors (Lipinski definition) is 5. The molecule has 6 heteroatoms. The second-order valence-electron chi connectivity index (χ2n) is 5.45. The third-order valence-corrected chi connectivity index (χ3v) is 5.74. The van der Waals surface area contributed by atoms with Crippen LogP contribution >= 0.6 is 22.7 Å². The summed E-state index contributed by atoms with van der Waals surface area (Å²) in [5.74, 6) is -0.630. The van der Waals surface area contributed by atoms with Crippen LogP contribution < -0.4 is 5.32 Å². The maximum atomic E-state index is 12.4. The molecule has 0 saturated heterocycles. The van der Waals surface area contributed by atoms with E-state index in [9.17, 15) is 9.59 Å². The molecule has 3 rings (SSSR count). The smallest absolute Gasteiger partial charge is 0.348 e. The van der Waals surface area contributed by atoms with Gasteiger partial charge in [0.1, 0.15) is 4.88 Å². The summed E-state index contributed by atoms with van der Waals surface area (Å²) in [4.78, 5) is 26.0. The zero-order valence-corrected chi connectivity index (χ0v) is 15.4. The van der Waals surface area contributed by atoms with E-state index in [0.717, 1.165) is 22.5 Å². The molecular formula is C19H17NO3S2. The number of ether oxygens (including phenoxy) is 1. The highest BCUT2D eigenvalue weighted by Gasteiger charge is 2.16. The number of hydrogen-bond donors (Lipinski definition) is 1. The summed E-state index contributed by atoms with van der Waals surface area (Å²) in [6.45, 7) is 1.94. The number of methoxy groups -OCH3 is 1. The standard InChI is InChI=1S/C19H17NO3S2/c1-12(13-5-3-6-14(11-13)15-7-4-10-24-15)20-18(21)16-8-9-17(25-16)19(22)23-2/h3-12H,1-2H3,(H,20,21). The summed E-state index contributed by atoms with van der Waals surface area (Å²) in [5, 5.41) is 5.02. The predicted octanol–water partition coefficient (Wildman–Crippen LogP) is 4.75. The molecule has 1 atom stereocenters. The van der Waals surface area contributed by atoms with Crippen molar-refractivity contribution >= 4 is 34.6 Å². The van der Waals surface area contributed by atoms with Gasteiger partial charge in [0.25, 0.3) is 5.91 Å². The summed E-state index contributed by atoms with van der Waals surface area (Å²) < 4.78 is 4.67. The van der Waals surface area contributed by atoms with Gasteiger partial charge in [0.15, 0.2) is 0 Å². The maximum absolute atomic E-state index is 12.4. The van der Waals surface area contributed by atoms with E-state index in [2.05, 4.69) is 28.3 Å². The minimum absolute atomic E-state index is 0.143. The zero-order valence-electron chi connectivity index (χ0n) is 13.8. The van der Waals surface area contributed by atoms with Crippen LogP contribution in [-0.2, 0) is 4.74 Å². The molecule has 0 aliphatic heterocycles. The summed E-state index contributed by atoms with van der Waals surface area (Å²) in [6.07, 6.45) is 0. The van der Waals surface area contributed by atoms with Gasteiger partial charge < -0.3 is 10.1 Å². The van der Waals surface area contributed by atoms with Gasteiger partial charge in [-0.15, -0.1) is 22.7 Å². The Hall–Kier alpha value is -2.44. The number of benzene rings is 1. The van der Waals surface area contributed by atoms with Crippen LogP contribution in [0.25, 0.3) is 10.4 Å². The largest absolute Gasteiger partial charge is 0.465 e. The number of thiophene rings is 2. The lowest BCUT2D eigenvalue weighted by Crippen LogP contribution is -2.25. The molecule has 0 fully saturated rings. The quantitative estimate of drug-likeness (QED) is 0.658. The van der Waals surface area contributed by atoms with E-state index >= 15 is 0 Å². The first-order valence-electron chi connectivity index (χ1n) is 7.71. The molecule has 0 bridgehead atoms. The van der Waals surface area contributed by atoms with Crippen LogP contribution in [-0.4, -0.2) is 19.0 Å². The average Bonchev–Trinajstić information content (AvgIpc) is 3.32. The second-order valence-corrected chi connectivity index (χ2v) is 7.48. The van der Waals surface area contributed by atoms with Gasteiger partial charge in [0, 0.05) is 4.88 Å². The highest BCUT2D eigenvalue weighted by molar-refractivity contribution is 7.15. The minimum atomic E-state index is -0.430. The van der Waals surface area contributed by atoms with Crippen molar-refractivity contribution in [1.29, 1.82) is 0 Å². The Morgan fingerprint density at radius 1 is 1.08 bits per heavy atom. The molecule has 0 aliphatic rings. The number of carbonyl (C=O) groups excluding carboxylic acids is 2. The van der Waals surface area contributed by atoms with Crippen LogP contribution in [0.15, 0.2) is 53.9 Å². The topological polar surface area (TPSA) is 55.4 Å². The van der Waals surface area contributed by atoms with Gasteiger partial charge in [-0.3, -0.25) is 4.79 Å². The molecule has 1 aromatic carbocycles. The molecule has 128 valence electrons. The molecule has 2 aromatic heterocycles. The third kappa shape index (κ3) is 3.97. The van der Waals surface area contributed by atoms with Crippen LogP contribution in [0.3, 0.4) is 0 Å². The van der Waals surface area contributed by atoms with Crippen molar-refractivity contribution in [3.05, 3.63) is 69.2 Å². The van der Waals surface area contributed by atoms with Crippen molar-refractivity contribution in [2.24, 2.45) is 0 Å². The van der Waals surface area contributed by atoms with Gasteiger partial charge in [-0.05, 0) is 47.7 Å². The highest BCUT2D eigenvalue weighted by Crippen LogP contribution is 2.27. The van der Waals surface area contributed by atoms with E-state index < -0.39 is 5.97 Å². The Labute approximate surface area is 154 Å². The fourth-order valence-electron chi connectivity index (χ4n) is 2.43. The summed E-state index contributed by atoms with van der Waals surface area (Å²) in [6, 6.07) is 15.3. The lowest BCUT2D eigenvalue weighted by atomic mass is 10.0. The zero-order chi connectivity index (χ0) is 17.8. The van der Waals surface area contributed by atoms with Crippen molar-refractivity contribution in [1.82, 2.24) is 5.32 Å². The number of esters is 1. The van der Waals surface area contributed by atoms with E-state index in [0.29, 0.717) is 9.75 Å². The summed E-state index contributed by atoms with van der Waals surface area (Å²) in [7, 11) is 1.32. The molecule has 4 nitrogen and oxygen atoms in total. The molecule has 0 spiro atoms. The number of nitrogens with one attached hydrogen (secondary N) is 1.